The number of benzene rings is 1. The van der Waals surface area contributed by atoms with E-state index in [1.807, 2.05) is 0 Å². The van der Waals surface area contributed by atoms with Crippen molar-refractivity contribution in [1.29, 1.82) is 5.26 Å². The molecule has 4 nitrogen and oxygen atoms in total. The molecular formula is C12H10F3NO3S. The van der Waals surface area contributed by atoms with Crippen molar-refractivity contribution in [2.45, 2.75) is 12.5 Å². The molecule has 0 saturated carbocycles. The molecule has 8 heteroatoms. The van der Waals surface area contributed by atoms with Crippen LogP contribution in [-0.4, -0.2) is 25.0 Å². The van der Waals surface area contributed by atoms with Gasteiger partial charge in [-0.15, -0.1) is 0 Å². The van der Waals surface area contributed by atoms with E-state index in [-0.39, 0.29) is 18.2 Å². The molecule has 1 saturated heterocycles. The highest BCUT2D eigenvalue weighted by Gasteiger charge is 2.49. The Hall–Kier alpha value is -1.59. The monoisotopic (exact) mass is 305 g/mol. The molecule has 0 amide bonds. The molecule has 0 radical (unpaired) electrons. The van der Waals surface area contributed by atoms with E-state index in [1.54, 1.807) is 6.07 Å². The Bertz CT molecular complexity index is 699. The van der Waals surface area contributed by atoms with Crippen LogP contribution in [0.3, 0.4) is 0 Å². The van der Waals surface area contributed by atoms with Crippen LogP contribution < -0.4 is 0 Å². The van der Waals surface area contributed by atoms with Gasteiger partial charge in [0, 0.05) is 11.6 Å². The molecule has 20 heavy (non-hydrogen) atoms. The zero-order valence-corrected chi connectivity index (χ0v) is 10.9. The molecule has 0 spiro atoms. The van der Waals surface area contributed by atoms with Gasteiger partial charge in [0.15, 0.2) is 21.5 Å². The normalized spacial score (nSPS) is 26.1. The average Bonchev–Trinajstić information content (AvgIpc) is 2.70. The van der Waals surface area contributed by atoms with E-state index in [0.717, 1.165) is 0 Å². The van der Waals surface area contributed by atoms with Gasteiger partial charge in [0.05, 0.1) is 17.6 Å². The first kappa shape index (κ1) is 14.8. The van der Waals surface area contributed by atoms with Crippen molar-refractivity contribution in [3.8, 4) is 6.07 Å². The molecule has 0 aliphatic carbocycles. The van der Waals surface area contributed by atoms with Gasteiger partial charge in [-0.25, -0.2) is 21.6 Å². The molecule has 2 atom stereocenters. The van der Waals surface area contributed by atoms with Crippen molar-refractivity contribution in [3.63, 3.8) is 0 Å². The van der Waals surface area contributed by atoms with Crippen molar-refractivity contribution in [2.75, 3.05) is 11.5 Å². The fourth-order valence-electron chi connectivity index (χ4n) is 2.28. The summed E-state index contributed by atoms with van der Waals surface area (Å²) >= 11 is 0. The van der Waals surface area contributed by atoms with E-state index >= 15 is 0 Å². The predicted octanol–water partition coefficient (Wildman–Crippen LogP) is 1.47. The van der Waals surface area contributed by atoms with Crippen LogP contribution in [0.4, 0.5) is 13.2 Å². The molecule has 0 bridgehead atoms. The maximum absolute atomic E-state index is 13.6. The molecule has 108 valence electrons. The largest absolute Gasteiger partial charge is 0.387 e. The van der Waals surface area contributed by atoms with Gasteiger partial charge < -0.3 is 5.11 Å². The van der Waals surface area contributed by atoms with E-state index in [9.17, 15) is 26.7 Å². The Kier molecular flexibility index (Phi) is 3.52. The number of aliphatic hydroxyl groups is 1. The zero-order chi connectivity index (χ0) is 15.1. The first-order chi connectivity index (χ1) is 9.21. The smallest absolute Gasteiger partial charge is 0.161 e. The third-order valence-corrected chi connectivity index (χ3v) is 5.20. The van der Waals surface area contributed by atoms with Gasteiger partial charge in [-0.05, 0) is 12.5 Å². The van der Waals surface area contributed by atoms with Gasteiger partial charge in [0.2, 0.25) is 0 Å². The zero-order valence-electron chi connectivity index (χ0n) is 10.1. The lowest BCUT2D eigenvalue weighted by molar-refractivity contribution is 0.0754. The molecule has 1 aliphatic heterocycles. The Balaban J connectivity index is 2.48. The van der Waals surface area contributed by atoms with Crippen LogP contribution in [-0.2, 0) is 9.84 Å². The SMILES string of the molecule is N#CC1(C(O)c2cc(F)c(F)cc2F)CCS(=O)(=O)C1. The van der Waals surface area contributed by atoms with Crippen molar-refractivity contribution in [2.24, 2.45) is 5.41 Å². The molecule has 1 aromatic carbocycles. The number of aliphatic hydroxyl groups excluding tert-OH is 1. The molecule has 1 N–H and O–H groups in total. The van der Waals surface area contributed by atoms with Gasteiger partial charge in [-0.1, -0.05) is 0 Å². The summed E-state index contributed by atoms with van der Waals surface area (Å²) in [5.74, 6) is -4.99. The number of hydrogen-bond acceptors (Lipinski definition) is 4. The minimum atomic E-state index is -3.52. The van der Waals surface area contributed by atoms with Crippen molar-refractivity contribution in [3.05, 3.63) is 35.1 Å². The summed E-state index contributed by atoms with van der Waals surface area (Å²) in [7, 11) is -3.52. The topological polar surface area (TPSA) is 78.2 Å². The van der Waals surface area contributed by atoms with Crippen LogP contribution in [0.2, 0.25) is 0 Å². The fraction of sp³-hybridized carbons (Fsp3) is 0.417. The van der Waals surface area contributed by atoms with Crippen molar-refractivity contribution < 1.29 is 26.7 Å². The predicted molar refractivity (Wildman–Crippen MR) is 62.6 cm³/mol. The minimum absolute atomic E-state index is 0.189. The summed E-state index contributed by atoms with van der Waals surface area (Å²) in [4.78, 5) is 0. The number of hydrogen-bond donors (Lipinski definition) is 1. The highest BCUT2D eigenvalue weighted by atomic mass is 32.2. The molecule has 1 aromatic rings. The van der Waals surface area contributed by atoms with Gasteiger partial charge in [0.25, 0.3) is 0 Å². The van der Waals surface area contributed by atoms with Gasteiger partial charge >= 0.3 is 0 Å². The number of nitrogens with zero attached hydrogens (tertiary/aromatic N) is 1. The Morgan fingerprint density at radius 1 is 1.25 bits per heavy atom. The van der Waals surface area contributed by atoms with E-state index < -0.39 is 50.1 Å². The number of rotatable bonds is 2. The summed E-state index contributed by atoms with van der Waals surface area (Å²) < 4.78 is 62.5. The summed E-state index contributed by atoms with van der Waals surface area (Å²) in [5.41, 5.74) is -2.37. The molecular weight excluding hydrogens is 295 g/mol. The van der Waals surface area contributed by atoms with Gasteiger partial charge in [-0.2, -0.15) is 5.26 Å². The molecule has 1 fully saturated rings. The van der Waals surface area contributed by atoms with E-state index in [0.29, 0.717) is 6.07 Å². The Morgan fingerprint density at radius 3 is 2.35 bits per heavy atom. The quantitative estimate of drug-likeness (QED) is 0.839. The second-order valence-electron chi connectivity index (χ2n) is 4.80. The lowest BCUT2D eigenvalue weighted by atomic mass is 9.79. The van der Waals surface area contributed by atoms with Crippen LogP contribution in [0, 0.1) is 34.2 Å². The van der Waals surface area contributed by atoms with E-state index in [1.165, 1.54) is 0 Å². The van der Waals surface area contributed by atoms with Crippen LogP contribution in [0.15, 0.2) is 12.1 Å². The molecule has 1 aliphatic rings. The second-order valence-corrected chi connectivity index (χ2v) is 6.98. The van der Waals surface area contributed by atoms with Crippen molar-refractivity contribution >= 4 is 9.84 Å². The first-order valence-corrected chi connectivity index (χ1v) is 7.47. The summed E-state index contributed by atoms with van der Waals surface area (Å²) in [6, 6.07) is 2.38. The standard InChI is InChI=1S/C12H10F3NO3S/c13-8-4-10(15)9(14)3-7(8)11(17)12(5-16)1-2-20(18,19)6-12/h3-4,11,17H,1-2,6H2. The van der Waals surface area contributed by atoms with Crippen LogP contribution in [0.5, 0.6) is 0 Å². The lowest BCUT2D eigenvalue weighted by Gasteiger charge is -2.26. The number of sulfone groups is 1. The third kappa shape index (κ3) is 2.39. The van der Waals surface area contributed by atoms with Crippen molar-refractivity contribution in [1.82, 2.24) is 0 Å². The Morgan fingerprint density at radius 2 is 1.85 bits per heavy atom. The van der Waals surface area contributed by atoms with Gasteiger partial charge in [-0.3, -0.25) is 0 Å². The maximum Gasteiger partial charge on any atom is 0.161 e. The summed E-state index contributed by atoms with van der Waals surface area (Å²) in [6.45, 7) is 0. The minimum Gasteiger partial charge on any atom is -0.387 e. The molecule has 0 aromatic heterocycles. The van der Waals surface area contributed by atoms with Crippen LogP contribution in [0.1, 0.15) is 18.1 Å². The van der Waals surface area contributed by atoms with E-state index in [4.69, 9.17) is 5.26 Å². The molecule has 1 heterocycles. The maximum atomic E-state index is 13.6. The summed E-state index contributed by atoms with van der Waals surface area (Å²) in [5, 5.41) is 19.2. The fourth-order valence-corrected chi connectivity index (χ4v) is 4.26. The first-order valence-electron chi connectivity index (χ1n) is 5.65. The Labute approximate surface area is 113 Å². The number of nitriles is 1. The number of halogens is 3. The molecule has 2 rings (SSSR count). The molecule has 2 unspecified atom stereocenters. The van der Waals surface area contributed by atoms with Crippen LogP contribution in [0.25, 0.3) is 0 Å². The third-order valence-electron chi connectivity index (χ3n) is 3.42. The summed E-state index contributed by atoms with van der Waals surface area (Å²) in [6.07, 6.45) is -2.04. The van der Waals surface area contributed by atoms with E-state index in [2.05, 4.69) is 0 Å². The van der Waals surface area contributed by atoms with Crippen LogP contribution >= 0.6 is 0 Å². The highest BCUT2D eigenvalue weighted by Crippen LogP contribution is 2.43. The highest BCUT2D eigenvalue weighted by molar-refractivity contribution is 7.91. The lowest BCUT2D eigenvalue weighted by Crippen LogP contribution is -2.29. The average molecular weight is 305 g/mol. The van der Waals surface area contributed by atoms with Gasteiger partial charge in [0.1, 0.15) is 17.3 Å². The second kappa shape index (κ2) is 4.75.